The number of hydrogen-bond donors (Lipinski definition) is 0. The highest BCUT2D eigenvalue weighted by molar-refractivity contribution is 6.07. The van der Waals surface area contributed by atoms with Crippen molar-refractivity contribution in [1.82, 2.24) is 14.7 Å². The van der Waals surface area contributed by atoms with Crippen molar-refractivity contribution in [2.45, 2.75) is 31.7 Å². The molecule has 0 radical (unpaired) electrons. The summed E-state index contributed by atoms with van der Waals surface area (Å²) in [6.45, 7) is 6.05. The van der Waals surface area contributed by atoms with E-state index in [1.54, 1.807) is 0 Å². The molecule has 0 saturated carbocycles. The molecule has 2 amide bonds. The van der Waals surface area contributed by atoms with Crippen molar-refractivity contribution in [3.05, 3.63) is 46.3 Å². The van der Waals surface area contributed by atoms with Crippen LogP contribution in [0.25, 0.3) is 22.9 Å². The number of piperidine rings is 1. The van der Waals surface area contributed by atoms with Gasteiger partial charge in [0.1, 0.15) is 0 Å². The van der Waals surface area contributed by atoms with E-state index in [-0.39, 0.29) is 17.7 Å². The van der Waals surface area contributed by atoms with Crippen molar-refractivity contribution in [3.8, 4) is 0 Å². The van der Waals surface area contributed by atoms with Gasteiger partial charge in [-0.25, -0.2) is 0 Å². The van der Waals surface area contributed by atoms with Crippen LogP contribution in [-0.4, -0.2) is 85.0 Å². The summed E-state index contributed by atoms with van der Waals surface area (Å²) in [6, 6.07) is 10.8. The Bertz CT molecular complexity index is 1230. The van der Waals surface area contributed by atoms with Crippen LogP contribution in [0, 0.1) is 5.92 Å². The molecule has 1 atom stereocenters. The third kappa shape index (κ3) is 3.93. The second-order valence-electron chi connectivity index (χ2n) is 10.1. The molecular formula is C28H33N3O3. The number of hydrogen-bond acceptors (Lipinski definition) is 4. The van der Waals surface area contributed by atoms with E-state index < -0.39 is 0 Å². The van der Waals surface area contributed by atoms with Crippen LogP contribution in [0.3, 0.4) is 0 Å². The summed E-state index contributed by atoms with van der Waals surface area (Å²) >= 11 is 0. The number of nitrogens with zero attached hydrogens (tertiary/aromatic N) is 3. The predicted octanol–water partition coefficient (Wildman–Crippen LogP) is 1.59. The first-order valence-electron chi connectivity index (χ1n) is 12.8. The first kappa shape index (κ1) is 21.8. The maximum atomic E-state index is 13.7. The molecule has 3 heterocycles. The van der Waals surface area contributed by atoms with Gasteiger partial charge in [-0.2, -0.15) is 0 Å². The van der Waals surface area contributed by atoms with Crippen LogP contribution in [0.1, 0.15) is 36.0 Å². The lowest BCUT2D eigenvalue weighted by Crippen LogP contribution is -2.63. The fourth-order valence-corrected chi connectivity index (χ4v) is 6.06. The van der Waals surface area contributed by atoms with Gasteiger partial charge in [-0.15, -0.1) is 0 Å². The largest absolute Gasteiger partial charge is 0.378 e. The van der Waals surface area contributed by atoms with Gasteiger partial charge in [0, 0.05) is 38.8 Å². The highest BCUT2D eigenvalue weighted by Gasteiger charge is 2.39. The molecular weight excluding hydrogens is 426 g/mol. The third-order valence-corrected chi connectivity index (χ3v) is 8.01. The number of ether oxygens (including phenoxy) is 1. The van der Waals surface area contributed by atoms with Gasteiger partial charge >= 0.3 is 0 Å². The lowest BCUT2D eigenvalue weighted by Gasteiger charge is -2.48. The molecule has 1 aliphatic carbocycles. The van der Waals surface area contributed by atoms with Gasteiger partial charge in [0.2, 0.25) is 5.91 Å². The van der Waals surface area contributed by atoms with Gasteiger partial charge < -0.3 is 14.5 Å². The Balaban J connectivity index is 1.17. The van der Waals surface area contributed by atoms with E-state index in [2.05, 4.69) is 35.3 Å². The van der Waals surface area contributed by atoms with E-state index in [1.165, 1.54) is 5.22 Å². The minimum absolute atomic E-state index is 0.0758. The molecule has 0 aromatic heterocycles. The molecule has 6 heteroatoms. The summed E-state index contributed by atoms with van der Waals surface area (Å²) in [7, 11) is 0. The molecule has 3 aliphatic heterocycles. The summed E-state index contributed by atoms with van der Waals surface area (Å²) in [5.74, 6) is 0.509. The van der Waals surface area contributed by atoms with Gasteiger partial charge in [-0.05, 0) is 59.5 Å². The van der Waals surface area contributed by atoms with Crippen molar-refractivity contribution in [1.29, 1.82) is 0 Å². The Hall–Kier alpha value is -2.70. The number of likely N-dealkylation sites (tertiary alicyclic amines) is 2. The molecule has 0 N–H and O–H groups in total. The SMILES string of the molecule is O=C(c1c2c(cc3ccccc13)=CCCC=2)N1CC(N2CCCC(C(=O)N3CCOCC3)C2)C1. The number of fused-ring (bicyclic) bond motifs is 2. The zero-order valence-corrected chi connectivity index (χ0v) is 19.7. The van der Waals surface area contributed by atoms with Crippen LogP contribution < -0.4 is 10.4 Å². The molecule has 2 aromatic carbocycles. The Morgan fingerprint density at radius 1 is 0.912 bits per heavy atom. The fourth-order valence-electron chi connectivity index (χ4n) is 6.06. The Labute approximate surface area is 200 Å². The lowest BCUT2D eigenvalue weighted by molar-refractivity contribution is -0.142. The first-order chi connectivity index (χ1) is 16.7. The zero-order chi connectivity index (χ0) is 23.1. The standard InChI is InChI=1S/C28H33N3O3/c32-27(29-12-14-34-15-13-29)22-8-5-11-30(17-22)23-18-31(19-23)28(33)26-24-9-3-1-6-20(24)16-21-7-2-4-10-25(21)26/h1,3,6-7,9-10,16,22-23H,2,4-5,8,11-15,17-19H2. The number of benzene rings is 2. The third-order valence-electron chi connectivity index (χ3n) is 8.01. The van der Waals surface area contributed by atoms with E-state index >= 15 is 0 Å². The fraction of sp³-hybridized carbons (Fsp3) is 0.500. The minimum Gasteiger partial charge on any atom is -0.378 e. The van der Waals surface area contributed by atoms with Gasteiger partial charge in [0.05, 0.1) is 24.7 Å². The second-order valence-corrected chi connectivity index (χ2v) is 10.1. The molecule has 0 bridgehead atoms. The molecule has 3 saturated heterocycles. The molecule has 4 aliphatic rings. The quantitative estimate of drug-likeness (QED) is 0.700. The molecule has 178 valence electrons. The van der Waals surface area contributed by atoms with E-state index in [0.29, 0.717) is 32.3 Å². The van der Waals surface area contributed by atoms with Gasteiger partial charge in [-0.1, -0.05) is 36.4 Å². The van der Waals surface area contributed by atoms with Crippen molar-refractivity contribution in [2.24, 2.45) is 5.92 Å². The van der Waals surface area contributed by atoms with Gasteiger partial charge in [0.25, 0.3) is 5.91 Å². The maximum Gasteiger partial charge on any atom is 0.255 e. The number of carbonyl (C=O) groups is 2. The Morgan fingerprint density at radius 2 is 1.71 bits per heavy atom. The molecule has 34 heavy (non-hydrogen) atoms. The Kier molecular flexibility index (Phi) is 5.87. The van der Waals surface area contributed by atoms with Gasteiger partial charge in [0.15, 0.2) is 0 Å². The highest BCUT2D eigenvalue weighted by atomic mass is 16.5. The summed E-state index contributed by atoms with van der Waals surface area (Å²) in [5.41, 5.74) is 0.863. The van der Waals surface area contributed by atoms with E-state index in [0.717, 1.165) is 73.4 Å². The predicted molar refractivity (Wildman–Crippen MR) is 133 cm³/mol. The van der Waals surface area contributed by atoms with Crippen molar-refractivity contribution >= 4 is 34.7 Å². The lowest BCUT2D eigenvalue weighted by atomic mass is 9.92. The van der Waals surface area contributed by atoms with Crippen molar-refractivity contribution in [3.63, 3.8) is 0 Å². The maximum absolute atomic E-state index is 13.7. The number of amides is 2. The van der Waals surface area contributed by atoms with Crippen LogP contribution in [0.4, 0.5) is 0 Å². The summed E-state index contributed by atoms with van der Waals surface area (Å²) in [6.07, 6.45) is 8.53. The molecule has 2 aromatic rings. The van der Waals surface area contributed by atoms with E-state index in [4.69, 9.17) is 4.74 Å². The van der Waals surface area contributed by atoms with Crippen molar-refractivity contribution < 1.29 is 14.3 Å². The number of morpholine rings is 1. The Morgan fingerprint density at radius 3 is 2.56 bits per heavy atom. The van der Waals surface area contributed by atoms with Crippen molar-refractivity contribution in [2.75, 3.05) is 52.5 Å². The highest BCUT2D eigenvalue weighted by Crippen LogP contribution is 2.26. The first-order valence-corrected chi connectivity index (χ1v) is 12.8. The van der Waals surface area contributed by atoms with Crippen LogP contribution in [0.2, 0.25) is 0 Å². The normalized spacial score (nSPS) is 23.6. The zero-order valence-electron chi connectivity index (χ0n) is 19.7. The smallest absolute Gasteiger partial charge is 0.255 e. The average Bonchev–Trinajstić information content (AvgIpc) is 2.86. The van der Waals surface area contributed by atoms with E-state index in [1.807, 2.05) is 21.9 Å². The molecule has 3 fully saturated rings. The molecule has 1 unspecified atom stereocenters. The van der Waals surface area contributed by atoms with Gasteiger partial charge in [-0.3, -0.25) is 14.5 Å². The van der Waals surface area contributed by atoms with Crippen LogP contribution >= 0.6 is 0 Å². The number of rotatable bonds is 3. The van der Waals surface area contributed by atoms with Crippen LogP contribution in [0.5, 0.6) is 0 Å². The van der Waals surface area contributed by atoms with Crippen LogP contribution in [0.15, 0.2) is 30.3 Å². The molecule has 6 nitrogen and oxygen atoms in total. The van der Waals surface area contributed by atoms with Crippen LogP contribution in [-0.2, 0) is 9.53 Å². The number of carbonyl (C=O) groups excluding carboxylic acids is 2. The average molecular weight is 460 g/mol. The summed E-state index contributed by atoms with van der Waals surface area (Å²) in [4.78, 5) is 33.2. The summed E-state index contributed by atoms with van der Waals surface area (Å²) in [5, 5.41) is 4.47. The topological polar surface area (TPSA) is 53.1 Å². The van der Waals surface area contributed by atoms with E-state index in [9.17, 15) is 9.59 Å². The monoisotopic (exact) mass is 459 g/mol. The second kappa shape index (κ2) is 9.16. The summed E-state index contributed by atoms with van der Waals surface area (Å²) < 4.78 is 5.41. The molecule has 6 rings (SSSR count). The minimum atomic E-state index is 0.0758. The molecule has 0 spiro atoms.